The van der Waals surface area contributed by atoms with Gasteiger partial charge in [-0.3, -0.25) is 9.78 Å². The van der Waals surface area contributed by atoms with E-state index in [0.717, 1.165) is 10.9 Å². The van der Waals surface area contributed by atoms with E-state index in [9.17, 15) is 13.2 Å². The number of nitrogens with one attached hydrogen (secondary N) is 1. The fourth-order valence-corrected chi connectivity index (χ4v) is 4.41. The quantitative estimate of drug-likeness (QED) is 0.453. The third-order valence-corrected chi connectivity index (χ3v) is 6.51. The molecule has 9 nitrogen and oxygen atoms in total. The zero-order valence-electron chi connectivity index (χ0n) is 17.2. The highest BCUT2D eigenvalue weighted by Crippen LogP contribution is 2.30. The zero-order valence-corrected chi connectivity index (χ0v) is 18.0. The average Bonchev–Trinajstić information content (AvgIpc) is 3.27. The van der Waals surface area contributed by atoms with E-state index in [4.69, 9.17) is 13.9 Å². The van der Waals surface area contributed by atoms with Gasteiger partial charge in [0.25, 0.3) is 5.91 Å². The van der Waals surface area contributed by atoms with Crippen molar-refractivity contribution in [3.05, 3.63) is 72.2 Å². The van der Waals surface area contributed by atoms with Gasteiger partial charge in [-0.1, -0.05) is 12.1 Å². The van der Waals surface area contributed by atoms with Crippen molar-refractivity contribution in [3.8, 4) is 11.8 Å². The van der Waals surface area contributed by atoms with Gasteiger partial charge in [-0.2, -0.15) is 4.98 Å². The second-order valence-electron chi connectivity index (χ2n) is 6.72. The topological polar surface area (TPSA) is 121 Å². The van der Waals surface area contributed by atoms with E-state index in [2.05, 4.69) is 15.3 Å². The van der Waals surface area contributed by atoms with Crippen LogP contribution < -0.4 is 14.8 Å². The molecule has 0 spiro atoms. The number of carbonyl (C=O) groups excluding carboxylic acids is 1. The maximum absolute atomic E-state index is 13.0. The highest BCUT2D eigenvalue weighted by atomic mass is 32.2. The second kappa shape index (κ2) is 8.67. The summed E-state index contributed by atoms with van der Waals surface area (Å²) in [5.41, 5.74) is 1.24. The van der Waals surface area contributed by atoms with Crippen molar-refractivity contribution in [2.75, 3.05) is 14.2 Å². The standard InChI is InChI=1S/C22H19N3O6S/c1-29-20-8-7-19(22(25-20)30-2)32(27,28)16-5-3-14(4-6-16)12-24-21(26)17-11-15-9-10-23-13-18(15)31-17/h3-11,13H,12H2,1-2H3,(H,24,26). The number of pyridine rings is 2. The summed E-state index contributed by atoms with van der Waals surface area (Å²) in [5.74, 6) is -0.0208. The van der Waals surface area contributed by atoms with Crippen molar-refractivity contribution in [3.63, 3.8) is 0 Å². The number of furan rings is 1. The molecule has 3 heterocycles. The number of nitrogens with zero attached hydrogens (tertiary/aromatic N) is 2. The number of fused-ring (bicyclic) bond motifs is 1. The Morgan fingerprint density at radius 2 is 1.84 bits per heavy atom. The summed E-state index contributed by atoms with van der Waals surface area (Å²) in [6.45, 7) is 0.196. The molecule has 4 rings (SSSR count). The molecule has 0 bridgehead atoms. The van der Waals surface area contributed by atoms with Crippen LogP contribution in [0, 0.1) is 0 Å². The summed E-state index contributed by atoms with van der Waals surface area (Å²) in [6.07, 6.45) is 3.16. The normalized spacial score (nSPS) is 11.3. The van der Waals surface area contributed by atoms with Gasteiger partial charge in [0.05, 0.1) is 25.3 Å². The number of hydrogen-bond donors (Lipinski definition) is 1. The van der Waals surface area contributed by atoms with Gasteiger partial charge in [-0.25, -0.2) is 8.42 Å². The largest absolute Gasteiger partial charge is 0.481 e. The Morgan fingerprint density at radius 1 is 1.06 bits per heavy atom. The number of benzene rings is 1. The Hall–Kier alpha value is -3.92. The minimum absolute atomic E-state index is 0.0540. The molecule has 0 saturated carbocycles. The molecule has 4 aromatic rings. The van der Waals surface area contributed by atoms with Crippen LogP contribution in [-0.4, -0.2) is 38.5 Å². The summed E-state index contributed by atoms with van der Waals surface area (Å²) < 4.78 is 41.6. The van der Waals surface area contributed by atoms with Crippen LogP contribution in [0.2, 0.25) is 0 Å². The van der Waals surface area contributed by atoms with Crippen LogP contribution in [-0.2, 0) is 16.4 Å². The van der Waals surface area contributed by atoms with Gasteiger partial charge in [0.2, 0.25) is 21.6 Å². The van der Waals surface area contributed by atoms with Gasteiger partial charge in [0, 0.05) is 24.2 Å². The van der Waals surface area contributed by atoms with Crippen LogP contribution >= 0.6 is 0 Å². The monoisotopic (exact) mass is 453 g/mol. The predicted octanol–water partition coefficient (Wildman–Crippen LogP) is 3.00. The first-order valence-corrected chi connectivity index (χ1v) is 11.0. The average molecular weight is 453 g/mol. The lowest BCUT2D eigenvalue weighted by molar-refractivity contribution is 0.0925. The maximum Gasteiger partial charge on any atom is 0.287 e. The molecule has 0 saturated heterocycles. The summed E-state index contributed by atoms with van der Waals surface area (Å²) in [6, 6.07) is 12.4. The molecular weight excluding hydrogens is 434 g/mol. The van der Waals surface area contributed by atoms with E-state index in [0.29, 0.717) is 5.58 Å². The molecule has 0 unspecified atom stereocenters. The molecule has 0 atom stereocenters. The van der Waals surface area contributed by atoms with Gasteiger partial charge in [0.1, 0.15) is 4.90 Å². The zero-order chi connectivity index (χ0) is 22.7. The summed E-state index contributed by atoms with van der Waals surface area (Å²) in [7, 11) is -1.10. The highest BCUT2D eigenvalue weighted by Gasteiger charge is 2.24. The molecule has 0 aliphatic carbocycles. The third-order valence-electron chi connectivity index (χ3n) is 4.73. The number of carbonyl (C=O) groups is 1. The van der Waals surface area contributed by atoms with Crippen molar-refractivity contribution >= 4 is 26.7 Å². The lowest BCUT2D eigenvalue weighted by Gasteiger charge is -2.10. The number of rotatable bonds is 7. The SMILES string of the molecule is COc1ccc(S(=O)(=O)c2ccc(CNC(=O)c3cc4ccncc4o3)cc2)c(OC)n1. The lowest BCUT2D eigenvalue weighted by Crippen LogP contribution is -2.22. The smallest absolute Gasteiger partial charge is 0.287 e. The number of amides is 1. The molecule has 32 heavy (non-hydrogen) atoms. The Morgan fingerprint density at radius 3 is 2.53 bits per heavy atom. The fourth-order valence-electron chi connectivity index (χ4n) is 3.05. The Labute approximate surface area is 183 Å². The maximum atomic E-state index is 13.0. The molecule has 10 heteroatoms. The fraction of sp³-hybridized carbons (Fsp3) is 0.136. The molecule has 1 aromatic carbocycles. The second-order valence-corrected chi connectivity index (χ2v) is 8.63. The molecule has 0 radical (unpaired) electrons. The van der Waals surface area contributed by atoms with Crippen LogP contribution in [0.15, 0.2) is 75.1 Å². The van der Waals surface area contributed by atoms with Gasteiger partial charge >= 0.3 is 0 Å². The summed E-state index contributed by atoms with van der Waals surface area (Å²) >= 11 is 0. The Kier molecular flexibility index (Phi) is 5.78. The number of ether oxygens (including phenoxy) is 2. The van der Waals surface area contributed by atoms with E-state index in [1.54, 1.807) is 36.7 Å². The first-order valence-electron chi connectivity index (χ1n) is 9.47. The minimum Gasteiger partial charge on any atom is -0.481 e. The van der Waals surface area contributed by atoms with Crippen molar-refractivity contribution in [1.29, 1.82) is 0 Å². The summed E-state index contributed by atoms with van der Waals surface area (Å²) in [4.78, 5) is 20.4. The van der Waals surface area contributed by atoms with E-state index >= 15 is 0 Å². The van der Waals surface area contributed by atoms with E-state index in [1.165, 1.54) is 38.5 Å². The molecular formula is C22H19N3O6S. The summed E-state index contributed by atoms with van der Waals surface area (Å²) in [5, 5.41) is 3.53. The number of sulfone groups is 1. The van der Waals surface area contributed by atoms with E-state index < -0.39 is 9.84 Å². The molecule has 0 aliphatic rings. The van der Waals surface area contributed by atoms with Crippen molar-refractivity contribution in [1.82, 2.24) is 15.3 Å². The molecule has 1 amide bonds. The Bertz CT molecular complexity index is 1350. The lowest BCUT2D eigenvalue weighted by atomic mass is 10.2. The van der Waals surface area contributed by atoms with Crippen LogP contribution in [0.1, 0.15) is 16.1 Å². The minimum atomic E-state index is -3.86. The molecule has 164 valence electrons. The number of methoxy groups -OCH3 is 2. The van der Waals surface area contributed by atoms with Gasteiger partial charge in [-0.15, -0.1) is 0 Å². The molecule has 0 aliphatic heterocycles. The van der Waals surface area contributed by atoms with E-state index in [1.807, 2.05) is 0 Å². The number of aromatic nitrogens is 2. The van der Waals surface area contributed by atoms with Gasteiger partial charge < -0.3 is 19.2 Å². The van der Waals surface area contributed by atoms with Gasteiger partial charge in [0.15, 0.2) is 11.3 Å². The first-order chi connectivity index (χ1) is 15.4. The molecule has 1 N–H and O–H groups in total. The van der Waals surface area contributed by atoms with Crippen molar-refractivity contribution < 1.29 is 27.1 Å². The van der Waals surface area contributed by atoms with Crippen LogP contribution in [0.3, 0.4) is 0 Å². The molecule has 3 aromatic heterocycles. The van der Waals surface area contributed by atoms with Crippen LogP contribution in [0.4, 0.5) is 0 Å². The van der Waals surface area contributed by atoms with Crippen molar-refractivity contribution in [2.45, 2.75) is 16.3 Å². The Balaban J connectivity index is 1.48. The van der Waals surface area contributed by atoms with Crippen molar-refractivity contribution in [2.24, 2.45) is 0 Å². The number of hydrogen-bond acceptors (Lipinski definition) is 8. The third kappa shape index (κ3) is 4.12. The van der Waals surface area contributed by atoms with Crippen LogP contribution in [0.25, 0.3) is 11.0 Å². The van der Waals surface area contributed by atoms with Crippen LogP contribution in [0.5, 0.6) is 11.8 Å². The van der Waals surface area contributed by atoms with Gasteiger partial charge in [-0.05, 0) is 35.9 Å². The predicted molar refractivity (Wildman–Crippen MR) is 114 cm³/mol. The molecule has 0 fully saturated rings. The van der Waals surface area contributed by atoms with E-state index in [-0.39, 0.29) is 39.8 Å². The highest BCUT2D eigenvalue weighted by molar-refractivity contribution is 7.91. The first kappa shape index (κ1) is 21.3.